The first-order chi connectivity index (χ1) is 14.9. The fourth-order valence-corrected chi connectivity index (χ4v) is 6.35. The molecule has 168 valence electrons. The Morgan fingerprint density at radius 2 is 2.00 bits per heavy atom. The van der Waals surface area contributed by atoms with Gasteiger partial charge >= 0.3 is 0 Å². The molecule has 1 aliphatic carbocycles. The lowest BCUT2D eigenvalue weighted by Crippen LogP contribution is -2.42. The third-order valence-corrected chi connectivity index (χ3v) is 9.02. The van der Waals surface area contributed by atoms with Gasteiger partial charge in [0.1, 0.15) is 5.03 Å². The highest BCUT2D eigenvalue weighted by Crippen LogP contribution is 2.51. The molecular weight excluding hydrogens is 451 g/mol. The molecule has 1 aromatic heterocycles. The second-order valence-electron chi connectivity index (χ2n) is 8.73. The predicted molar refractivity (Wildman–Crippen MR) is 130 cm³/mol. The quantitative estimate of drug-likeness (QED) is 0.524. The molecule has 1 aromatic carbocycles. The number of aliphatic hydroxyl groups excluding tert-OH is 1. The summed E-state index contributed by atoms with van der Waals surface area (Å²) >= 11 is 14.0. The van der Waals surface area contributed by atoms with Crippen LogP contribution in [0.4, 0.5) is 11.6 Å². The van der Waals surface area contributed by atoms with E-state index in [0.29, 0.717) is 22.0 Å². The Balaban J connectivity index is 1.59. The molecule has 4 rings (SSSR count). The highest BCUT2D eigenvalue weighted by atomic mass is 35.5. The highest BCUT2D eigenvalue weighted by molar-refractivity contribution is 7.99. The van der Waals surface area contributed by atoms with Crippen LogP contribution in [-0.2, 0) is 0 Å². The summed E-state index contributed by atoms with van der Waals surface area (Å²) in [7, 11) is 0. The number of hydrogen-bond acceptors (Lipinski definition) is 6. The molecule has 0 amide bonds. The number of nitrogens with one attached hydrogen (secondary N) is 1. The molecule has 0 unspecified atom stereocenters. The summed E-state index contributed by atoms with van der Waals surface area (Å²) < 4.78 is 0. The fraction of sp³-hybridized carbons (Fsp3) is 0.565. The monoisotopic (exact) mass is 480 g/mol. The highest BCUT2D eigenvalue weighted by Gasteiger charge is 2.42. The number of rotatable bonds is 6. The molecule has 2 heterocycles. The number of hydrogen-bond donors (Lipinski definition) is 2. The molecule has 1 saturated carbocycles. The molecule has 2 fully saturated rings. The van der Waals surface area contributed by atoms with E-state index in [4.69, 9.17) is 33.2 Å². The Morgan fingerprint density at radius 3 is 2.68 bits per heavy atom. The third kappa shape index (κ3) is 4.77. The van der Waals surface area contributed by atoms with Gasteiger partial charge in [-0.1, -0.05) is 60.8 Å². The van der Waals surface area contributed by atoms with Gasteiger partial charge in [-0.2, -0.15) is 0 Å². The van der Waals surface area contributed by atoms with E-state index < -0.39 is 0 Å². The van der Waals surface area contributed by atoms with E-state index in [-0.39, 0.29) is 6.61 Å². The second-order valence-corrected chi connectivity index (χ2v) is 10.5. The van der Waals surface area contributed by atoms with Gasteiger partial charge in [0.25, 0.3) is 0 Å². The zero-order valence-corrected chi connectivity index (χ0v) is 20.5. The number of aromatic nitrogens is 2. The van der Waals surface area contributed by atoms with Crippen molar-refractivity contribution in [3.63, 3.8) is 0 Å². The number of anilines is 2. The van der Waals surface area contributed by atoms with Crippen LogP contribution in [0, 0.1) is 18.3 Å². The Morgan fingerprint density at radius 1 is 1.23 bits per heavy atom. The standard InChI is InChI=1S/C23H30Cl2N4OS/c1-15-5-4-8-23(15)9-12-29(13-10-23)21-20(26-11-14-30)28-22(16(2)27-21)31-18-7-3-6-17(24)19(18)25/h3,6-7,15,30H,4-5,8-14H2,1-2H3,(H,26,28)/t15-/m1/s1. The molecular formula is C23H30Cl2N4OS. The molecule has 0 radical (unpaired) electrons. The SMILES string of the molecule is Cc1nc(N2CCC3(CCC[C@H]3C)CC2)c(NCCO)nc1Sc1cccc(Cl)c1Cl. The minimum Gasteiger partial charge on any atom is -0.395 e. The normalized spacial score (nSPS) is 20.4. The van der Waals surface area contributed by atoms with Gasteiger partial charge in [-0.25, -0.2) is 9.97 Å². The number of halogens is 2. The zero-order valence-electron chi connectivity index (χ0n) is 18.1. The number of benzene rings is 1. The van der Waals surface area contributed by atoms with E-state index in [9.17, 15) is 5.11 Å². The first kappa shape index (κ1) is 23.0. The van der Waals surface area contributed by atoms with Gasteiger partial charge < -0.3 is 15.3 Å². The van der Waals surface area contributed by atoms with Gasteiger partial charge in [0.05, 0.1) is 22.3 Å². The number of aliphatic hydroxyl groups is 1. The van der Waals surface area contributed by atoms with Crippen molar-refractivity contribution in [3.05, 3.63) is 33.9 Å². The Kier molecular flexibility index (Phi) is 7.21. The van der Waals surface area contributed by atoms with Crippen LogP contribution in [0.25, 0.3) is 0 Å². The minimum absolute atomic E-state index is 0.0399. The van der Waals surface area contributed by atoms with E-state index in [2.05, 4.69) is 17.1 Å². The fourth-order valence-electron chi connectivity index (χ4n) is 4.99. The van der Waals surface area contributed by atoms with Gasteiger partial charge in [-0.05, 0) is 49.7 Å². The molecule has 1 spiro atoms. The summed E-state index contributed by atoms with van der Waals surface area (Å²) in [6.07, 6.45) is 6.51. The number of aryl methyl sites for hydroxylation is 1. The lowest BCUT2D eigenvalue weighted by atomic mass is 9.71. The Bertz CT molecular complexity index is 934. The van der Waals surface area contributed by atoms with E-state index in [1.807, 2.05) is 19.1 Å². The van der Waals surface area contributed by atoms with Crippen molar-refractivity contribution in [2.24, 2.45) is 11.3 Å². The number of nitrogens with zero attached hydrogens (tertiary/aromatic N) is 3. The van der Waals surface area contributed by atoms with Crippen molar-refractivity contribution in [3.8, 4) is 0 Å². The molecule has 2 aliphatic rings. The largest absolute Gasteiger partial charge is 0.395 e. The van der Waals surface area contributed by atoms with Crippen LogP contribution >= 0.6 is 35.0 Å². The summed E-state index contributed by atoms with van der Waals surface area (Å²) in [4.78, 5) is 13.1. The molecule has 1 saturated heterocycles. The van der Waals surface area contributed by atoms with Crippen LogP contribution < -0.4 is 10.2 Å². The second kappa shape index (κ2) is 9.74. The van der Waals surface area contributed by atoms with Crippen molar-refractivity contribution in [2.45, 2.75) is 55.9 Å². The first-order valence-electron chi connectivity index (χ1n) is 11.0. The maximum atomic E-state index is 9.36. The molecule has 2 aromatic rings. The average Bonchev–Trinajstić information content (AvgIpc) is 3.11. The van der Waals surface area contributed by atoms with Crippen LogP contribution in [0.15, 0.2) is 28.1 Å². The van der Waals surface area contributed by atoms with Gasteiger partial charge in [0.2, 0.25) is 0 Å². The Labute approximate surface area is 198 Å². The molecule has 1 aliphatic heterocycles. The summed E-state index contributed by atoms with van der Waals surface area (Å²) in [5.74, 6) is 2.42. The van der Waals surface area contributed by atoms with Crippen molar-refractivity contribution < 1.29 is 5.11 Å². The molecule has 31 heavy (non-hydrogen) atoms. The maximum Gasteiger partial charge on any atom is 0.172 e. The van der Waals surface area contributed by atoms with Crippen LogP contribution in [0.3, 0.4) is 0 Å². The van der Waals surface area contributed by atoms with Crippen molar-refractivity contribution >= 4 is 46.6 Å². The molecule has 2 N–H and O–H groups in total. The summed E-state index contributed by atoms with van der Waals surface area (Å²) in [6, 6.07) is 5.59. The maximum absolute atomic E-state index is 9.36. The van der Waals surface area contributed by atoms with E-state index in [1.54, 1.807) is 6.07 Å². The van der Waals surface area contributed by atoms with Crippen LogP contribution in [0.1, 0.15) is 44.7 Å². The molecule has 0 bridgehead atoms. The van der Waals surface area contributed by atoms with Gasteiger partial charge in [0, 0.05) is 24.5 Å². The van der Waals surface area contributed by atoms with E-state index >= 15 is 0 Å². The van der Waals surface area contributed by atoms with Crippen molar-refractivity contribution in [1.29, 1.82) is 0 Å². The van der Waals surface area contributed by atoms with E-state index in [0.717, 1.165) is 46.3 Å². The molecule has 8 heteroatoms. The van der Waals surface area contributed by atoms with Crippen LogP contribution in [0.5, 0.6) is 0 Å². The summed E-state index contributed by atoms with van der Waals surface area (Å²) in [6.45, 7) is 6.88. The topological polar surface area (TPSA) is 61.3 Å². The van der Waals surface area contributed by atoms with E-state index in [1.165, 1.54) is 43.9 Å². The van der Waals surface area contributed by atoms with Gasteiger partial charge in [-0.15, -0.1) is 0 Å². The summed E-state index contributed by atoms with van der Waals surface area (Å²) in [5.41, 5.74) is 1.37. The molecule has 5 nitrogen and oxygen atoms in total. The smallest absolute Gasteiger partial charge is 0.172 e. The Hall–Kier alpha value is -1.21. The first-order valence-corrected chi connectivity index (χ1v) is 12.6. The average molecular weight is 481 g/mol. The third-order valence-electron chi connectivity index (χ3n) is 6.95. The summed E-state index contributed by atoms with van der Waals surface area (Å²) in [5, 5.41) is 14.5. The van der Waals surface area contributed by atoms with Crippen molar-refractivity contribution in [2.75, 3.05) is 36.5 Å². The molecule has 1 atom stereocenters. The lowest BCUT2D eigenvalue weighted by Gasteiger charge is -2.43. The van der Waals surface area contributed by atoms with Crippen LogP contribution in [0.2, 0.25) is 10.0 Å². The van der Waals surface area contributed by atoms with Gasteiger partial charge in [-0.3, -0.25) is 0 Å². The minimum atomic E-state index is 0.0399. The number of piperidine rings is 1. The zero-order chi connectivity index (χ0) is 22.0. The predicted octanol–water partition coefficient (Wildman–Crippen LogP) is 6.05. The van der Waals surface area contributed by atoms with Crippen molar-refractivity contribution in [1.82, 2.24) is 9.97 Å². The van der Waals surface area contributed by atoms with Gasteiger partial charge in [0.15, 0.2) is 11.6 Å². The lowest BCUT2D eigenvalue weighted by molar-refractivity contribution is 0.161. The van der Waals surface area contributed by atoms with Crippen LogP contribution in [-0.4, -0.2) is 41.3 Å².